The normalized spacial score (nSPS) is 11.5. The Morgan fingerprint density at radius 1 is 1.06 bits per heavy atom. The Labute approximate surface area is 177 Å². The fourth-order valence-electron chi connectivity index (χ4n) is 2.95. The molecule has 2 aromatic heterocycles. The molecule has 0 bridgehead atoms. The van der Waals surface area contributed by atoms with Gasteiger partial charge in [0.15, 0.2) is 0 Å². The topological polar surface area (TPSA) is 75.3 Å². The van der Waals surface area contributed by atoms with E-state index >= 15 is 0 Å². The zero-order chi connectivity index (χ0) is 22.2. The number of carbonyl (C=O) groups excluding carboxylic acids is 1. The molecule has 0 aliphatic heterocycles. The van der Waals surface area contributed by atoms with Gasteiger partial charge in [-0.05, 0) is 30.3 Å². The van der Waals surface area contributed by atoms with Crippen LogP contribution in [-0.2, 0) is 6.18 Å². The van der Waals surface area contributed by atoms with E-state index < -0.39 is 29.3 Å². The molecule has 0 atom stereocenters. The third kappa shape index (κ3) is 3.92. The molecule has 11 heteroatoms. The molecule has 0 aliphatic rings. The van der Waals surface area contributed by atoms with E-state index in [0.29, 0.717) is 28.4 Å². The van der Waals surface area contributed by atoms with Gasteiger partial charge in [0, 0.05) is 11.6 Å². The monoisotopic (exact) mass is 447 g/mol. The molecule has 0 fully saturated rings. The van der Waals surface area contributed by atoms with E-state index in [1.807, 2.05) is 0 Å². The molecule has 2 amide bonds. The minimum Gasteiger partial charge on any atom is -0.259 e. The lowest BCUT2D eigenvalue weighted by molar-refractivity contribution is -0.137. The number of anilines is 3. The molecule has 4 aromatic rings. The standard InChI is InChI=1S/C20H13F4N5OS/c21-15-7-6-12(20(22,23)24)8-16(15)28(13-4-2-1-3-5-13)19(30)29(25)17-10-31-18-14(17)9-26-11-27-18/h1-11H,25H2. The molecule has 4 rings (SSSR count). The zero-order valence-electron chi connectivity index (χ0n) is 15.5. The van der Waals surface area contributed by atoms with E-state index in [1.54, 1.807) is 23.6 Å². The highest BCUT2D eigenvalue weighted by atomic mass is 32.1. The zero-order valence-corrected chi connectivity index (χ0v) is 16.4. The average molecular weight is 447 g/mol. The number of alkyl halides is 3. The van der Waals surface area contributed by atoms with E-state index in [1.165, 1.54) is 36.0 Å². The quantitative estimate of drug-likeness (QED) is 0.195. The van der Waals surface area contributed by atoms with E-state index in [-0.39, 0.29) is 11.4 Å². The van der Waals surface area contributed by atoms with E-state index in [0.717, 1.165) is 9.91 Å². The second kappa shape index (κ2) is 7.93. The highest BCUT2D eigenvalue weighted by Gasteiger charge is 2.34. The number of aromatic nitrogens is 2. The van der Waals surface area contributed by atoms with Crippen LogP contribution in [0.3, 0.4) is 0 Å². The molecule has 2 N–H and O–H groups in total. The minimum atomic E-state index is -4.73. The summed E-state index contributed by atoms with van der Waals surface area (Å²) in [5.41, 5.74) is -1.32. The van der Waals surface area contributed by atoms with Crippen LogP contribution >= 0.6 is 11.3 Å². The maximum Gasteiger partial charge on any atom is 0.416 e. The Morgan fingerprint density at radius 3 is 2.52 bits per heavy atom. The first-order chi connectivity index (χ1) is 14.8. The number of rotatable bonds is 3. The first-order valence-electron chi connectivity index (χ1n) is 8.75. The van der Waals surface area contributed by atoms with Crippen LogP contribution in [0.2, 0.25) is 0 Å². The number of halogens is 4. The van der Waals surface area contributed by atoms with Crippen molar-refractivity contribution in [3.8, 4) is 0 Å². The van der Waals surface area contributed by atoms with Crippen LogP contribution in [0.1, 0.15) is 5.56 Å². The number of hydrazine groups is 1. The molecule has 0 aliphatic carbocycles. The number of para-hydroxylation sites is 1. The average Bonchev–Trinajstić information content (AvgIpc) is 3.18. The number of urea groups is 1. The lowest BCUT2D eigenvalue weighted by atomic mass is 10.1. The van der Waals surface area contributed by atoms with Gasteiger partial charge in [0.05, 0.1) is 28.0 Å². The third-order valence-corrected chi connectivity index (χ3v) is 5.31. The Bertz CT molecular complexity index is 1250. The second-order valence-electron chi connectivity index (χ2n) is 6.35. The summed E-state index contributed by atoms with van der Waals surface area (Å²) in [6, 6.07) is 8.58. The van der Waals surface area contributed by atoms with Crippen molar-refractivity contribution in [1.29, 1.82) is 0 Å². The van der Waals surface area contributed by atoms with Gasteiger partial charge in [-0.1, -0.05) is 18.2 Å². The molecule has 0 radical (unpaired) electrons. The van der Waals surface area contributed by atoms with Crippen LogP contribution in [-0.4, -0.2) is 16.0 Å². The summed E-state index contributed by atoms with van der Waals surface area (Å²) in [7, 11) is 0. The van der Waals surface area contributed by atoms with Crippen molar-refractivity contribution in [3.63, 3.8) is 0 Å². The van der Waals surface area contributed by atoms with Gasteiger partial charge in [-0.15, -0.1) is 11.3 Å². The number of hydrogen-bond donors (Lipinski definition) is 1. The Morgan fingerprint density at radius 2 is 1.81 bits per heavy atom. The van der Waals surface area contributed by atoms with Crippen molar-refractivity contribution < 1.29 is 22.4 Å². The molecule has 0 spiro atoms. The smallest absolute Gasteiger partial charge is 0.259 e. The fourth-order valence-corrected chi connectivity index (χ4v) is 3.81. The van der Waals surface area contributed by atoms with Crippen molar-refractivity contribution in [3.05, 3.63) is 77.8 Å². The van der Waals surface area contributed by atoms with Gasteiger partial charge in [-0.3, -0.25) is 4.90 Å². The molecule has 0 saturated heterocycles. The number of carbonyl (C=O) groups is 1. The molecule has 0 saturated carbocycles. The van der Waals surface area contributed by atoms with Gasteiger partial charge < -0.3 is 0 Å². The number of amides is 2. The molecule has 2 heterocycles. The predicted molar refractivity (Wildman–Crippen MR) is 109 cm³/mol. The van der Waals surface area contributed by atoms with Gasteiger partial charge in [-0.2, -0.15) is 13.2 Å². The van der Waals surface area contributed by atoms with Crippen LogP contribution in [0.4, 0.5) is 39.4 Å². The van der Waals surface area contributed by atoms with Crippen molar-refractivity contribution in [2.45, 2.75) is 6.18 Å². The first-order valence-corrected chi connectivity index (χ1v) is 9.63. The van der Waals surface area contributed by atoms with E-state index in [2.05, 4.69) is 9.97 Å². The number of fused-ring (bicyclic) bond motifs is 1. The lowest BCUT2D eigenvalue weighted by Gasteiger charge is -2.28. The predicted octanol–water partition coefficient (Wildman–Crippen LogP) is 5.49. The van der Waals surface area contributed by atoms with Crippen LogP contribution in [0.25, 0.3) is 10.2 Å². The lowest BCUT2D eigenvalue weighted by Crippen LogP contribution is -2.45. The SMILES string of the molecule is NN(C(=O)N(c1ccccc1)c1cc(C(F)(F)F)ccc1F)c1csc2ncncc12. The molecule has 31 heavy (non-hydrogen) atoms. The van der Waals surface area contributed by atoms with Crippen LogP contribution in [0.5, 0.6) is 0 Å². The van der Waals surface area contributed by atoms with Gasteiger partial charge in [0.1, 0.15) is 17.0 Å². The number of nitrogens with zero attached hydrogens (tertiary/aromatic N) is 4. The van der Waals surface area contributed by atoms with Crippen molar-refractivity contribution in [2.75, 3.05) is 9.91 Å². The molecule has 158 valence electrons. The largest absolute Gasteiger partial charge is 0.416 e. The van der Waals surface area contributed by atoms with Crippen LogP contribution in [0, 0.1) is 5.82 Å². The van der Waals surface area contributed by atoms with E-state index in [4.69, 9.17) is 5.84 Å². The van der Waals surface area contributed by atoms with Gasteiger partial charge >= 0.3 is 12.2 Å². The number of nitrogens with two attached hydrogens (primary N) is 1. The Balaban J connectivity index is 1.84. The van der Waals surface area contributed by atoms with Gasteiger partial charge in [0.25, 0.3) is 0 Å². The summed E-state index contributed by atoms with van der Waals surface area (Å²) in [5.74, 6) is 5.03. The highest BCUT2D eigenvalue weighted by molar-refractivity contribution is 7.17. The summed E-state index contributed by atoms with van der Waals surface area (Å²) in [6.45, 7) is 0. The van der Waals surface area contributed by atoms with Gasteiger partial charge in [-0.25, -0.2) is 30.0 Å². The summed E-state index contributed by atoms with van der Waals surface area (Å²) in [4.78, 5) is 22.7. The fraction of sp³-hybridized carbons (Fsp3) is 0.0500. The number of benzene rings is 2. The molecule has 6 nitrogen and oxygen atoms in total. The Hall–Kier alpha value is -3.57. The summed E-state index contributed by atoms with van der Waals surface area (Å²) in [6.07, 6.45) is -1.93. The minimum absolute atomic E-state index is 0.136. The first kappa shape index (κ1) is 20.7. The number of hydrogen-bond acceptors (Lipinski definition) is 5. The maximum atomic E-state index is 14.7. The number of thiophene rings is 1. The molecular formula is C20H13F4N5OS. The molecule has 2 aromatic carbocycles. The third-order valence-electron chi connectivity index (χ3n) is 4.42. The van der Waals surface area contributed by atoms with Crippen molar-refractivity contribution >= 4 is 44.6 Å². The van der Waals surface area contributed by atoms with Gasteiger partial charge in [0.2, 0.25) is 0 Å². The summed E-state index contributed by atoms with van der Waals surface area (Å²) < 4.78 is 54.4. The molecular weight excluding hydrogens is 434 g/mol. The highest BCUT2D eigenvalue weighted by Crippen LogP contribution is 2.37. The summed E-state index contributed by atoms with van der Waals surface area (Å²) in [5, 5.41) is 2.76. The van der Waals surface area contributed by atoms with Crippen molar-refractivity contribution in [1.82, 2.24) is 9.97 Å². The molecule has 0 unspecified atom stereocenters. The maximum absolute atomic E-state index is 14.7. The van der Waals surface area contributed by atoms with Crippen molar-refractivity contribution in [2.24, 2.45) is 5.84 Å². The Kier molecular flexibility index (Phi) is 5.29. The van der Waals surface area contributed by atoms with E-state index in [9.17, 15) is 22.4 Å². The van der Waals surface area contributed by atoms with Crippen LogP contribution < -0.4 is 15.8 Å². The van der Waals surface area contributed by atoms with Crippen LogP contribution in [0.15, 0.2) is 66.4 Å². The summed E-state index contributed by atoms with van der Waals surface area (Å²) >= 11 is 1.21. The second-order valence-corrected chi connectivity index (χ2v) is 7.21.